The first-order chi connectivity index (χ1) is 14.5. The first kappa shape index (κ1) is 21.7. The van der Waals surface area contributed by atoms with Crippen LogP contribution in [0.3, 0.4) is 0 Å². The molecule has 0 bridgehead atoms. The lowest BCUT2D eigenvalue weighted by molar-refractivity contribution is 0.101. The van der Waals surface area contributed by atoms with Crippen LogP contribution in [0.4, 0.5) is 5.95 Å². The molecule has 3 aromatic rings. The predicted molar refractivity (Wildman–Crippen MR) is 121 cm³/mol. The van der Waals surface area contributed by atoms with Crippen LogP contribution >= 0.6 is 0 Å². The van der Waals surface area contributed by atoms with Crippen LogP contribution in [0, 0.1) is 6.92 Å². The van der Waals surface area contributed by atoms with Crippen LogP contribution in [0.5, 0.6) is 0 Å². The Morgan fingerprint density at radius 2 is 2.10 bits per heavy atom. The summed E-state index contributed by atoms with van der Waals surface area (Å²) in [7, 11) is 2.09. The maximum atomic E-state index is 13.0. The van der Waals surface area contributed by atoms with E-state index < -0.39 is 0 Å². The van der Waals surface area contributed by atoms with Gasteiger partial charge in [0.1, 0.15) is 5.69 Å². The lowest BCUT2D eigenvalue weighted by Crippen LogP contribution is -2.20. The number of hydrogen-bond acceptors (Lipinski definition) is 5. The molecule has 2 aromatic heterocycles. The molecular weight excluding hydrogens is 378 g/mol. The van der Waals surface area contributed by atoms with Crippen molar-refractivity contribution < 1.29 is 4.79 Å². The molecule has 0 aliphatic carbocycles. The number of allylic oxidation sites excluding steroid dienone is 1. The summed E-state index contributed by atoms with van der Waals surface area (Å²) >= 11 is 0. The molecule has 3 rings (SSSR count). The fraction of sp³-hybridized carbons (Fsp3) is 0.409. The van der Waals surface area contributed by atoms with Crippen LogP contribution in [0.1, 0.15) is 35.6 Å². The Kier molecular flexibility index (Phi) is 7.02. The number of hydrogen-bond donors (Lipinski definition) is 2. The van der Waals surface area contributed by atoms with E-state index in [1.165, 1.54) is 5.56 Å². The number of aromatic nitrogens is 4. The van der Waals surface area contributed by atoms with Crippen molar-refractivity contribution in [2.45, 2.75) is 40.4 Å². The van der Waals surface area contributed by atoms with E-state index in [0.29, 0.717) is 31.3 Å². The van der Waals surface area contributed by atoms with Crippen LogP contribution in [0.2, 0.25) is 0 Å². The third kappa shape index (κ3) is 4.60. The number of amides is 1. The third-order valence-electron chi connectivity index (χ3n) is 5.08. The topological polar surface area (TPSA) is 94.0 Å². The number of fused-ring (bicyclic) bond motifs is 1. The molecule has 160 valence electrons. The van der Waals surface area contributed by atoms with Crippen molar-refractivity contribution in [2.75, 3.05) is 25.5 Å². The molecular formula is C22H31N7O. The minimum atomic E-state index is -0.218. The number of para-hydroxylation sites is 1. The molecule has 0 fully saturated rings. The Hall–Kier alpha value is -2.97. The monoisotopic (exact) mass is 409 g/mol. The first-order valence-electron chi connectivity index (χ1n) is 10.4. The summed E-state index contributed by atoms with van der Waals surface area (Å²) in [5.74, 6) is 0.300. The van der Waals surface area contributed by atoms with Crippen molar-refractivity contribution in [3.63, 3.8) is 0 Å². The number of aryl methyl sites for hydroxylation is 2. The fourth-order valence-corrected chi connectivity index (χ4v) is 3.47. The average Bonchev–Trinajstić information content (AvgIpc) is 3.28. The van der Waals surface area contributed by atoms with E-state index in [-0.39, 0.29) is 5.91 Å². The molecule has 1 amide bonds. The van der Waals surface area contributed by atoms with Gasteiger partial charge in [0.15, 0.2) is 0 Å². The van der Waals surface area contributed by atoms with Gasteiger partial charge in [-0.1, -0.05) is 31.2 Å². The summed E-state index contributed by atoms with van der Waals surface area (Å²) in [5.41, 5.74) is 10.0. The second-order valence-electron chi connectivity index (χ2n) is 7.31. The molecule has 0 saturated heterocycles. The molecule has 0 aliphatic rings. The van der Waals surface area contributed by atoms with Crippen LogP contribution in [0.15, 0.2) is 36.4 Å². The number of anilines is 1. The van der Waals surface area contributed by atoms with E-state index in [4.69, 9.17) is 10.7 Å². The van der Waals surface area contributed by atoms with Crippen molar-refractivity contribution >= 4 is 22.9 Å². The van der Waals surface area contributed by atoms with Crippen molar-refractivity contribution in [2.24, 2.45) is 5.73 Å². The standard InChI is InChI=1S/C22H31N7O/c1-5-27(4)15-17-10-9-11-18-20(17)28(13-8-7-12-23)22(24-18)25-21(30)19-14-16(3)26-29(19)6-2/h7-11,14H,5-6,12-13,15,23H2,1-4H3,(H,24,25,30)/b8-7+. The highest BCUT2D eigenvalue weighted by atomic mass is 16.2. The maximum Gasteiger partial charge on any atom is 0.276 e. The zero-order valence-corrected chi connectivity index (χ0v) is 18.2. The van der Waals surface area contributed by atoms with Crippen molar-refractivity contribution in [1.29, 1.82) is 0 Å². The summed E-state index contributed by atoms with van der Waals surface area (Å²) in [4.78, 5) is 20.0. The molecule has 0 spiro atoms. The van der Waals surface area contributed by atoms with Gasteiger partial charge in [-0.25, -0.2) is 4.98 Å². The Morgan fingerprint density at radius 1 is 1.30 bits per heavy atom. The van der Waals surface area contributed by atoms with Gasteiger partial charge in [-0.3, -0.25) is 14.8 Å². The number of nitrogens with zero attached hydrogens (tertiary/aromatic N) is 5. The van der Waals surface area contributed by atoms with Gasteiger partial charge in [-0.05, 0) is 45.1 Å². The van der Waals surface area contributed by atoms with Gasteiger partial charge in [0, 0.05) is 26.2 Å². The van der Waals surface area contributed by atoms with E-state index in [2.05, 4.69) is 35.4 Å². The van der Waals surface area contributed by atoms with Crippen LogP contribution < -0.4 is 11.1 Å². The summed E-state index contributed by atoms with van der Waals surface area (Å²) in [5, 5.41) is 7.37. The molecule has 0 aliphatic heterocycles. The zero-order valence-electron chi connectivity index (χ0n) is 18.2. The average molecular weight is 410 g/mol. The Morgan fingerprint density at radius 3 is 2.80 bits per heavy atom. The SMILES string of the molecule is CCN(C)Cc1cccc2nc(NC(=O)c3cc(C)nn3CC)n(C/C=C/CN)c12. The minimum Gasteiger partial charge on any atom is -0.327 e. The summed E-state index contributed by atoms with van der Waals surface area (Å²) < 4.78 is 3.74. The van der Waals surface area contributed by atoms with E-state index in [0.717, 1.165) is 29.8 Å². The van der Waals surface area contributed by atoms with Gasteiger partial charge in [-0.2, -0.15) is 5.10 Å². The quantitative estimate of drug-likeness (QED) is 0.530. The molecule has 0 radical (unpaired) electrons. The number of imidazole rings is 1. The number of carbonyl (C=O) groups is 1. The summed E-state index contributed by atoms with van der Waals surface area (Å²) in [6.07, 6.45) is 3.91. The normalized spacial score (nSPS) is 11.8. The van der Waals surface area contributed by atoms with Gasteiger partial charge < -0.3 is 15.2 Å². The third-order valence-corrected chi connectivity index (χ3v) is 5.08. The largest absolute Gasteiger partial charge is 0.327 e. The maximum absolute atomic E-state index is 13.0. The molecule has 8 nitrogen and oxygen atoms in total. The molecule has 0 saturated carbocycles. The molecule has 2 heterocycles. The molecule has 0 unspecified atom stereocenters. The van der Waals surface area contributed by atoms with Crippen molar-refractivity contribution in [3.05, 3.63) is 53.4 Å². The smallest absolute Gasteiger partial charge is 0.276 e. The number of nitrogens with one attached hydrogen (secondary N) is 1. The second kappa shape index (κ2) is 9.69. The van der Waals surface area contributed by atoms with Gasteiger partial charge in [0.2, 0.25) is 5.95 Å². The molecule has 30 heavy (non-hydrogen) atoms. The van der Waals surface area contributed by atoms with Gasteiger partial charge in [-0.15, -0.1) is 0 Å². The second-order valence-corrected chi connectivity index (χ2v) is 7.31. The molecule has 8 heteroatoms. The first-order valence-corrected chi connectivity index (χ1v) is 10.4. The van der Waals surface area contributed by atoms with Crippen LogP contribution in [-0.2, 0) is 19.6 Å². The predicted octanol–water partition coefficient (Wildman–Crippen LogP) is 2.78. The Labute approximate surface area is 177 Å². The van der Waals surface area contributed by atoms with Gasteiger partial charge >= 0.3 is 0 Å². The minimum absolute atomic E-state index is 0.218. The molecule has 0 atom stereocenters. The van der Waals surface area contributed by atoms with Crippen molar-refractivity contribution in [3.8, 4) is 0 Å². The van der Waals surface area contributed by atoms with E-state index >= 15 is 0 Å². The van der Waals surface area contributed by atoms with E-state index in [1.54, 1.807) is 10.7 Å². The number of nitrogens with two attached hydrogens (primary N) is 1. The number of carbonyl (C=O) groups excluding carboxylic acids is 1. The lowest BCUT2D eigenvalue weighted by atomic mass is 10.1. The Bertz CT molecular complexity index is 1050. The molecule has 3 N–H and O–H groups in total. The van der Waals surface area contributed by atoms with E-state index in [1.807, 2.05) is 42.7 Å². The highest BCUT2D eigenvalue weighted by Crippen LogP contribution is 2.25. The zero-order chi connectivity index (χ0) is 21.7. The van der Waals surface area contributed by atoms with Crippen molar-refractivity contribution in [1.82, 2.24) is 24.2 Å². The molecule has 1 aromatic carbocycles. The summed E-state index contributed by atoms with van der Waals surface area (Å²) in [6.45, 7) is 9.39. The lowest BCUT2D eigenvalue weighted by Gasteiger charge is -2.16. The highest BCUT2D eigenvalue weighted by Gasteiger charge is 2.19. The number of benzene rings is 1. The number of rotatable bonds is 9. The Balaban J connectivity index is 2.04. The van der Waals surface area contributed by atoms with Gasteiger partial charge in [0.25, 0.3) is 5.91 Å². The van der Waals surface area contributed by atoms with Gasteiger partial charge in [0.05, 0.1) is 16.7 Å². The fourth-order valence-electron chi connectivity index (χ4n) is 3.47. The van der Waals surface area contributed by atoms with Crippen LogP contribution in [0.25, 0.3) is 11.0 Å². The summed E-state index contributed by atoms with van der Waals surface area (Å²) in [6, 6.07) is 7.89. The van der Waals surface area contributed by atoms with E-state index in [9.17, 15) is 4.79 Å². The highest BCUT2D eigenvalue weighted by molar-refractivity contribution is 6.03. The van der Waals surface area contributed by atoms with Crippen LogP contribution in [-0.4, -0.2) is 50.3 Å².